The first-order valence-corrected chi connectivity index (χ1v) is 7.71. The van der Waals surface area contributed by atoms with Crippen molar-refractivity contribution in [1.82, 2.24) is 4.57 Å². The van der Waals surface area contributed by atoms with Crippen LogP contribution in [0.15, 0.2) is 60.7 Å². The van der Waals surface area contributed by atoms with E-state index in [1.54, 1.807) is 7.11 Å². The van der Waals surface area contributed by atoms with Gasteiger partial charge in [-0.1, -0.05) is 12.1 Å². The molecule has 0 spiro atoms. The molecule has 0 amide bonds. The lowest BCUT2D eigenvalue weighted by Crippen LogP contribution is -2.08. The largest absolute Gasteiger partial charge is 0.496 e. The molecule has 0 unspecified atom stereocenters. The van der Waals surface area contributed by atoms with E-state index in [9.17, 15) is 0 Å². The molecule has 3 aromatic rings. The first-order chi connectivity index (χ1) is 11.1. The van der Waals surface area contributed by atoms with Crippen LogP contribution in [0.2, 0.25) is 0 Å². The average Bonchev–Trinajstić information content (AvgIpc) is 2.96. The summed E-state index contributed by atoms with van der Waals surface area (Å²) in [5, 5.41) is 0. The highest BCUT2D eigenvalue weighted by Gasteiger charge is 2.13. The second-order valence-electron chi connectivity index (χ2n) is 5.81. The van der Waals surface area contributed by atoms with Crippen LogP contribution in [-0.2, 0) is 0 Å². The monoisotopic (exact) mass is 306 g/mol. The zero-order valence-corrected chi connectivity index (χ0v) is 14.1. The molecule has 0 atom stereocenters. The molecule has 0 aliphatic heterocycles. The van der Waals surface area contributed by atoms with E-state index in [1.165, 1.54) is 11.4 Å². The van der Waals surface area contributed by atoms with Gasteiger partial charge in [-0.05, 0) is 55.5 Å². The maximum Gasteiger partial charge on any atom is 0.128 e. The lowest BCUT2D eigenvalue weighted by Gasteiger charge is -2.16. The van der Waals surface area contributed by atoms with Crippen molar-refractivity contribution in [3.63, 3.8) is 0 Å². The van der Waals surface area contributed by atoms with Crippen molar-refractivity contribution in [2.45, 2.75) is 6.92 Å². The molecule has 3 nitrogen and oxygen atoms in total. The fraction of sp³-hybridized carbons (Fsp3) is 0.200. The van der Waals surface area contributed by atoms with Crippen molar-refractivity contribution >= 4 is 5.69 Å². The molecule has 0 bridgehead atoms. The predicted octanol–water partition coefficient (Wildman–Crippen LogP) is 4.53. The molecule has 118 valence electrons. The minimum absolute atomic E-state index is 0.886. The molecule has 0 aliphatic carbocycles. The molecular formula is C20H22N2O. The molecule has 23 heavy (non-hydrogen) atoms. The van der Waals surface area contributed by atoms with E-state index < -0.39 is 0 Å². The van der Waals surface area contributed by atoms with E-state index in [0.29, 0.717) is 0 Å². The molecule has 1 aromatic heterocycles. The van der Waals surface area contributed by atoms with E-state index in [1.807, 2.05) is 18.2 Å². The summed E-state index contributed by atoms with van der Waals surface area (Å²) in [6.45, 7) is 2.12. The Balaban J connectivity index is 2.12. The van der Waals surface area contributed by atoms with E-state index in [-0.39, 0.29) is 0 Å². The van der Waals surface area contributed by atoms with Gasteiger partial charge in [0.15, 0.2) is 0 Å². The maximum absolute atomic E-state index is 5.53. The Morgan fingerprint density at radius 2 is 1.57 bits per heavy atom. The van der Waals surface area contributed by atoms with Gasteiger partial charge in [-0.2, -0.15) is 0 Å². The van der Waals surface area contributed by atoms with Gasteiger partial charge in [0.1, 0.15) is 5.75 Å². The highest BCUT2D eigenvalue weighted by Crippen LogP contribution is 2.33. The molecule has 1 heterocycles. The van der Waals surface area contributed by atoms with Crippen LogP contribution in [0.3, 0.4) is 0 Å². The van der Waals surface area contributed by atoms with Crippen LogP contribution < -0.4 is 9.64 Å². The Labute approximate surface area is 137 Å². The first kappa shape index (κ1) is 15.2. The van der Waals surface area contributed by atoms with Gasteiger partial charge in [0.2, 0.25) is 0 Å². The molecule has 0 saturated heterocycles. The molecule has 3 heteroatoms. The van der Waals surface area contributed by atoms with Gasteiger partial charge in [-0.25, -0.2) is 0 Å². The summed E-state index contributed by atoms with van der Waals surface area (Å²) < 4.78 is 7.79. The lowest BCUT2D eigenvalue weighted by molar-refractivity contribution is 0.416. The Bertz CT molecular complexity index is 801. The molecular weight excluding hydrogens is 284 g/mol. The topological polar surface area (TPSA) is 17.4 Å². The molecule has 0 aliphatic rings. The van der Waals surface area contributed by atoms with Crippen molar-refractivity contribution in [3.8, 4) is 22.7 Å². The lowest BCUT2D eigenvalue weighted by atomic mass is 10.1. The minimum atomic E-state index is 0.886. The number of nitrogens with zero attached hydrogens (tertiary/aromatic N) is 2. The van der Waals surface area contributed by atoms with E-state index in [0.717, 1.165) is 22.7 Å². The Morgan fingerprint density at radius 1 is 0.870 bits per heavy atom. The van der Waals surface area contributed by atoms with Crippen molar-refractivity contribution in [1.29, 1.82) is 0 Å². The number of benzene rings is 2. The second kappa shape index (κ2) is 6.21. The Morgan fingerprint density at radius 3 is 2.22 bits per heavy atom. The van der Waals surface area contributed by atoms with Crippen LogP contribution >= 0.6 is 0 Å². The van der Waals surface area contributed by atoms with Crippen LogP contribution in [0.1, 0.15) is 5.69 Å². The SMILES string of the molecule is COc1ccccc1-c1ccc(C)n1-c1ccc(N(C)C)cc1. The number of methoxy groups -OCH3 is 1. The fourth-order valence-corrected chi connectivity index (χ4v) is 2.85. The van der Waals surface area contributed by atoms with Gasteiger partial charge in [0.25, 0.3) is 0 Å². The molecule has 2 aromatic carbocycles. The number of para-hydroxylation sites is 1. The van der Waals surface area contributed by atoms with E-state index >= 15 is 0 Å². The maximum atomic E-state index is 5.53. The zero-order chi connectivity index (χ0) is 16.4. The summed E-state index contributed by atoms with van der Waals surface area (Å²) >= 11 is 0. The number of aryl methyl sites for hydroxylation is 1. The number of hydrogen-bond donors (Lipinski definition) is 0. The summed E-state index contributed by atoms with van der Waals surface area (Å²) in [7, 11) is 5.82. The van der Waals surface area contributed by atoms with Crippen molar-refractivity contribution in [3.05, 3.63) is 66.4 Å². The molecule has 0 fully saturated rings. The van der Waals surface area contributed by atoms with Crippen molar-refractivity contribution in [2.75, 3.05) is 26.1 Å². The zero-order valence-electron chi connectivity index (χ0n) is 14.1. The fourth-order valence-electron chi connectivity index (χ4n) is 2.85. The summed E-state index contributed by atoms with van der Waals surface area (Å²) in [4.78, 5) is 2.10. The molecule has 0 saturated carbocycles. The summed E-state index contributed by atoms with van der Waals surface area (Å²) in [6.07, 6.45) is 0. The van der Waals surface area contributed by atoms with Crippen LogP contribution in [0.25, 0.3) is 16.9 Å². The van der Waals surface area contributed by atoms with E-state index in [2.05, 4.69) is 73.0 Å². The highest BCUT2D eigenvalue weighted by atomic mass is 16.5. The number of ether oxygens (including phenoxy) is 1. The van der Waals surface area contributed by atoms with Crippen LogP contribution in [0.5, 0.6) is 5.75 Å². The van der Waals surface area contributed by atoms with Gasteiger partial charge >= 0.3 is 0 Å². The van der Waals surface area contributed by atoms with E-state index in [4.69, 9.17) is 4.74 Å². The normalized spacial score (nSPS) is 10.6. The Hall–Kier alpha value is -2.68. The standard InChI is InChI=1S/C20H22N2O/c1-15-9-14-19(18-7-5-6-8-20(18)23-4)22(15)17-12-10-16(11-13-17)21(2)3/h5-14H,1-4H3. The smallest absolute Gasteiger partial charge is 0.128 e. The highest BCUT2D eigenvalue weighted by molar-refractivity contribution is 5.70. The third-order valence-corrected chi connectivity index (χ3v) is 4.08. The van der Waals surface area contributed by atoms with Crippen molar-refractivity contribution < 1.29 is 4.74 Å². The van der Waals surface area contributed by atoms with Crippen LogP contribution in [0, 0.1) is 6.92 Å². The molecule has 0 radical (unpaired) electrons. The number of aromatic nitrogens is 1. The quantitative estimate of drug-likeness (QED) is 0.704. The van der Waals surface area contributed by atoms with Gasteiger partial charge in [0, 0.05) is 36.7 Å². The van der Waals surface area contributed by atoms with Crippen LogP contribution in [0.4, 0.5) is 5.69 Å². The van der Waals surface area contributed by atoms with Crippen LogP contribution in [-0.4, -0.2) is 25.8 Å². The summed E-state index contributed by atoms with van der Waals surface area (Å²) in [6, 6.07) is 21.0. The number of hydrogen-bond acceptors (Lipinski definition) is 2. The average molecular weight is 306 g/mol. The minimum Gasteiger partial charge on any atom is -0.496 e. The second-order valence-corrected chi connectivity index (χ2v) is 5.81. The summed E-state index contributed by atoms with van der Waals surface area (Å²) in [5.74, 6) is 0.886. The number of anilines is 1. The first-order valence-electron chi connectivity index (χ1n) is 7.71. The number of rotatable bonds is 4. The molecule has 3 rings (SSSR count). The Kier molecular flexibility index (Phi) is 4.11. The third-order valence-electron chi connectivity index (χ3n) is 4.08. The third kappa shape index (κ3) is 2.82. The summed E-state index contributed by atoms with van der Waals surface area (Å²) in [5.41, 5.74) is 5.78. The molecule has 0 N–H and O–H groups in total. The van der Waals surface area contributed by atoms with Gasteiger partial charge in [0.05, 0.1) is 12.8 Å². The van der Waals surface area contributed by atoms with Gasteiger partial charge < -0.3 is 14.2 Å². The van der Waals surface area contributed by atoms with Crippen molar-refractivity contribution in [2.24, 2.45) is 0 Å². The predicted molar refractivity (Wildman–Crippen MR) is 96.8 cm³/mol. The van der Waals surface area contributed by atoms with Gasteiger partial charge in [-0.3, -0.25) is 0 Å². The van der Waals surface area contributed by atoms with Gasteiger partial charge in [-0.15, -0.1) is 0 Å².